The molecular weight excluding hydrogens is 615 g/mol. The Morgan fingerprint density at radius 3 is 2.68 bits per heavy atom. The molecule has 2 atom stereocenters. The summed E-state index contributed by atoms with van der Waals surface area (Å²) in [6, 6.07) is 10.8. The zero-order chi connectivity index (χ0) is 31.4. The highest BCUT2D eigenvalue weighted by Gasteiger charge is 2.32. The molecule has 0 radical (unpaired) electrons. The third-order valence-electron chi connectivity index (χ3n) is 6.57. The number of benzene rings is 2. The number of nitrogens with one attached hydrogen (secondary N) is 3. The van der Waals surface area contributed by atoms with Crippen molar-refractivity contribution in [3.8, 4) is 5.75 Å². The lowest BCUT2D eigenvalue weighted by atomic mass is 10.1. The van der Waals surface area contributed by atoms with Gasteiger partial charge in [0.15, 0.2) is 5.13 Å². The Kier molecular flexibility index (Phi) is 9.64. The highest BCUT2D eigenvalue weighted by atomic mass is 32.1. The Hall–Kier alpha value is -3.84. The van der Waals surface area contributed by atoms with Gasteiger partial charge in [0.05, 0.1) is 30.5 Å². The van der Waals surface area contributed by atoms with Crippen molar-refractivity contribution in [1.29, 1.82) is 0 Å². The van der Waals surface area contributed by atoms with Crippen LogP contribution in [0.25, 0.3) is 10.9 Å². The number of H-pyrrole nitrogens is 1. The normalized spacial score (nSPS) is 15.1. The fourth-order valence-corrected chi connectivity index (χ4v) is 7.09. The standard InChI is InChI=1S/C29H32F2N5O6PS/c1-17(2)41-28(38)18(3)35-43(39,42-20-7-5-4-6-8-20)40-12-10-32-29-34-23-9-11-36(16-26(23)44-29)27(37)25-15-21-22(31)13-19(30)14-24(21)33-25/h4-8,13-15,17-18,33H,9-12,16H2,1-3H3,(H,32,34)(H,35,39)/t18-,43?/m0/s1. The van der Waals surface area contributed by atoms with E-state index in [1.54, 1.807) is 49.1 Å². The molecule has 0 saturated carbocycles. The molecule has 1 aliphatic heterocycles. The van der Waals surface area contributed by atoms with Crippen molar-refractivity contribution in [2.75, 3.05) is 25.0 Å². The van der Waals surface area contributed by atoms with Crippen LogP contribution >= 0.6 is 19.1 Å². The van der Waals surface area contributed by atoms with Crippen LogP contribution in [0, 0.1) is 11.6 Å². The van der Waals surface area contributed by atoms with Crippen molar-refractivity contribution < 1.29 is 36.7 Å². The number of fused-ring (bicyclic) bond motifs is 2. The molecule has 3 heterocycles. The second-order valence-electron chi connectivity index (χ2n) is 10.4. The number of aromatic nitrogens is 2. The van der Waals surface area contributed by atoms with E-state index in [0.29, 0.717) is 30.4 Å². The summed E-state index contributed by atoms with van der Waals surface area (Å²) in [4.78, 5) is 35.4. The van der Waals surface area contributed by atoms with E-state index in [0.717, 1.165) is 22.7 Å². The molecule has 0 bridgehead atoms. The van der Waals surface area contributed by atoms with E-state index in [4.69, 9.17) is 13.8 Å². The topological polar surface area (TPSA) is 135 Å². The fraction of sp³-hybridized carbons (Fsp3) is 0.345. The maximum atomic E-state index is 14.1. The predicted octanol–water partition coefficient (Wildman–Crippen LogP) is 5.65. The molecule has 234 valence electrons. The van der Waals surface area contributed by atoms with Gasteiger partial charge >= 0.3 is 13.7 Å². The number of nitrogens with zero attached hydrogens (tertiary/aromatic N) is 2. The number of para-hydroxylation sites is 1. The summed E-state index contributed by atoms with van der Waals surface area (Å²) in [5, 5.41) is 6.53. The van der Waals surface area contributed by atoms with Crippen molar-refractivity contribution in [3.05, 3.63) is 76.4 Å². The lowest BCUT2D eigenvalue weighted by Crippen LogP contribution is -2.36. The van der Waals surface area contributed by atoms with Crippen LogP contribution in [0.1, 0.15) is 41.8 Å². The SMILES string of the molecule is CC(C)OC(=O)[C@H](C)NP(=O)(OCCNc1nc2c(s1)CN(C(=O)c1cc3c(F)cc(F)cc3[nH]1)CC2)Oc1ccccc1. The predicted molar refractivity (Wildman–Crippen MR) is 162 cm³/mol. The van der Waals surface area contributed by atoms with E-state index >= 15 is 0 Å². The Morgan fingerprint density at radius 1 is 1.16 bits per heavy atom. The lowest BCUT2D eigenvalue weighted by molar-refractivity contribution is -0.149. The lowest BCUT2D eigenvalue weighted by Gasteiger charge is -2.25. The van der Waals surface area contributed by atoms with E-state index in [-0.39, 0.29) is 41.8 Å². The van der Waals surface area contributed by atoms with E-state index < -0.39 is 31.4 Å². The Labute approximate surface area is 256 Å². The molecule has 0 aliphatic carbocycles. The molecular formula is C29H32F2N5O6PS. The van der Waals surface area contributed by atoms with Gasteiger partial charge in [-0.15, -0.1) is 0 Å². The highest BCUT2D eigenvalue weighted by molar-refractivity contribution is 7.52. The van der Waals surface area contributed by atoms with Crippen LogP contribution in [0.15, 0.2) is 48.5 Å². The summed E-state index contributed by atoms with van der Waals surface area (Å²) in [5.41, 5.74) is 1.24. The smallest absolute Gasteiger partial charge is 0.459 e. The van der Waals surface area contributed by atoms with Crippen molar-refractivity contribution in [3.63, 3.8) is 0 Å². The molecule has 2 aromatic carbocycles. The van der Waals surface area contributed by atoms with Gasteiger partial charge < -0.3 is 24.5 Å². The summed E-state index contributed by atoms with van der Waals surface area (Å²) >= 11 is 1.37. The van der Waals surface area contributed by atoms with E-state index in [1.807, 2.05) is 0 Å². The van der Waals surface area contributed by atoms with Crippen LogP contribution in [0.4, 0.5) is 13.9 Å². The van der Waals surface area contributed by atoms with Crippen molar-refractivity contribution in [1.82, 2.24) is 20.0 Å². The fourth-order valence-electron chi connectivity index (χ4n) is 4.55. The van der Waals surface area contributed by atoms with Gasteiger partial charge in [-0.3, -0.25) is 14.1 Å². The van der Waals surface area contributed by atoms with Crippen LogP contribution in [-0.2, 0) is 31.6 Å². The number of hydrogen-bond acceptors (Lipinski definition) is 9. The molecule has 1 aliphatic rings. The third kappa shape index (κ3) is 7.62. The number of esters is 1. The first-order valence-corrected chi connectivity index (χ1v) is 16.3. The van der Waals surface area contributed by atoms with E-state index in [1.165, 1.54) is 24.3 Å². The Bertz CT molecular complexity index is 1700. The molecule has 15 heteroatoms. The molecule has 2 aromatic heterocycles. The van der Waals surface area contributed by atoms with Crippen molar-refractivity contribution >= 4 is 47.0 Å². The zero-order valence-corrected chi connectivity index (χ0v) is 26.0. The van der Waals surface area contributed by atoms with Gasteiger partial charge in [0.2, 0.25) is 0 Å². The van der Waals surface area contributed by atoms with Gasteiger partial charge in [0.1, 0.15) is 29.1 Å². The number of anilines is 1. The Balaban J connectivity index is 1.18. The third-order valence-corrected chi connectivity index (χ3v) is 9.28. The van der Waals surface area contributed by atoms with Crippen molar-refractivity contribution in [2.24, 2.45) is 0 Å². The number of aromatic amines is 1. The molecule has 0 saturated heterocycles. The number of carbonyl (C=O) groups is 2. The summed E-state index contributed by atoms with van der Waals surface area (Å²) in [6.07, 6.45) is 0.178. The maximum absolute atomic E-state index is 14.1. The van der Waals surface area contributed by atoms with Crippen LogP contribution < -0.4 is 14.9 Å². The number of carbonyl (C=O) groups excluding carboxylic acids is 2. The van der Waals surface area contributed by atoms with Gasteiger partial charge in [-0.2, -0.15) is 5.09 Å². The highest BCUT2D eigenvalue weighted by Crippen LogP contribution is 2.44. The van der Waals surface area contributed by atoms with Gasteiger partial charge in [-0.05, 0) is 45.0 Å². The van der Waals surface area contributed by atoms with Gasteiger partial charge in [0.25, 0.3) is 5.91 Å². The minimum absolute atomic E-state index is 0.0462. The first kappa shape index (κ1) is 31.6. The first-order chi connectivity index (χ1) is 21.0. The van der Waals surface area contributed by atoms with E-state index in [2.05, 4.69) is 20.4 Å². The summed E-state index contributed by atoms with van der Waals surface area (Å²) in [6.45, 7) is 5.84. The molecule has 1 unspecified atom stereocenters. The largest absolute Gasteiger partial charge is 0.462 e. The van der Waals surface area contributed by atoms with E-state index in [9.17, 15) is 22.9 Å². The molecule has 0 fully saturated rings. The van der Waals surface area contributed by atoms with Gasteiger partial charge in [0, 0.05) is 35.8 Å². The van der Waals surface area contributed by atoms with Crippen LogP contribution in [-0.4, -0.2) is 58.6 Å². The summed E-state index contributed by atoms with van der Waals surface area (Å²) < 4.78 is 57.8. The summed E-state index contributed by atoms with van der Waals surface area (Å²) in [5.74, 6) is -2.07. The quantitative estimate of drug-likeness (QED) is 0.101. The van der Waals surface area contributed by atoms with Crippen LogP contribution in [0.3, 0.4) is 0 Å². The maximum Gasteiger partial charge on any atom is 0.459 e. The molecule has 1 amide bonds. The van der Waals surface area contributed by atoms with Crippen LogP contribution in [0.5, 0.6) is 5.75 Å². The molecule has 11 nitrogen and oxygen atoms in total. The number of hydrogen-bond donors (Lipinski definition) is 3. The van der Waals surface area contributed by atoms with Gasteiger partial charge in [-0.1, -0.05) is 29.5 Å². The average molecular weight is 648 g/mol. The van der Waals surface area contributed by atoms with Crippen LogP contribution in [0.2, 0.25) is 0 Å². The van der Waals surface area contributed by atoms with Crippen molar-refractivity contribution in [2.45, 2.75) is 45.9 Å². The molecule has 0 spiro atoms. The molecule has 44 heavy (non-hydrogen) atoms. The van der Waals surface area contributed by atoms with Gasteiger partial charge in [-0.25, -0.2) is 18.3 Å². The minimum Gasteiger partial charge on any atom is -0.462 e. The summed E-state index contributed by atoms with van der Waals surface area (Å²) in [7, 11) is -3.99. The molecule has 4 aromatic rings. The second-order valence-corrected chi connectivity index (χ2v) is 13.2. The molecule has 5 rings (SSSR count). The number of thiazole rings is 1. The second kappa shape index (κ2) is 13.4. The monoisotopic (exact) mass is 647 g/mol. The number of ether oxygens (including phenoxy) is 1. The number of amides is 1. The number of halogens is 2. The average Bonchev–Trinajstić information content (AvgIpc) is 3.59. The first-order valence-electron chi connectivity index (χ1n) is 14.0. The zero-order valence-electron chi connectivity index (χ0n) is 24.3. The molecule has 3 N–H and O–H groups in total. The number of rotatable bonds is 12. The Morgan fingerprint density at radius 2 is 1.93 bits per heavy atom. The minimum atomic E-state index is -3.99.